The Kier molecular flexibility index (Phi) is 3.24. The topological polar surface area (TPSA) is 12.0 Å². The Morgan fingerprint density at radius 2 is 1.69 bits per heavy atom. The van der Waals surface area contributed by atoms with Gasteiger partial charge in [0.05, 0.1) is 0 Å². The Hall–Kier alpha value is -0.0400. The van der Waals surface area contributed by atoms with Gasteiger partial charge < -0.3 is 5.32 Å². The third-order valence-electron chi connectivity index (χ3n) is 5.53. The maximum Gasteiger partial charge on any atom is 0.00951 e. The van der Waals surface area contributed by atoms with Crippen molar-refractivity contribution in [1.29, 1.82) is 0 Å². The lowest BCUT2D eigenvalue weighted by atomic mass is 9.80. The molecule has 3 atom stereocenters. The molecule has 3 saturated carbocycles. The van der Waals surface area contributed by atoms with Crippen molar-refractivity contribution in [3.05, 3.63) is 0 Å². The predicted molar refractivity (Wildman–Crippen MR) is 68.4 cm³/mol. The molecular formula is C15H27N. The number of rotatable bonds is 4. The van der Waals surface area contributed by atoms with E-state index in [-0.39, 0.29) is 0 Å². The summed E-state index contributed by atoms with van der Waals surface area (Å²) >= 11 is 0. The second-order valence-electron chi connectivity index (χ2n) is 6.62. The summed E-state index contributed by atoms with van der Waals surface area (Å²) in [7, 11) is 2.19. The Labute approximate surface area is 100 Å². The van der Waals surface area contributed by atoms with Crippen molar-refractivity contribution in [2.45, 2.75) is 63.8 Å². The Bertz CT molecular complexity index is 222. The van der Waals surface area contributed by atoms with Crippen molar-refractivity contribution in [1.82, 2.24) is 5.32 Å². The Balaban J connectivity index is 1.50. The van der Waals surface area contributed by atoms with Crippen molar-refractivity contribution in [2.75, 3.05) is 7.05 Å². The monoisotopic (exact) mass is 221 g/mol. The van der Waals surface area contributed by atoms with Gasteiger partial charge >= 0.3 is 0 Å². The van der Waals surface area contributed by atoms with Crippen LogP contribution >= 0.6 is 0 Å². The second-order valence-corrected chi connectivity index (χ2v) is 6.62. The van der Waals surface area contributed by atoms with Gasteiger partial charge in [0.2, 0.25) is 0 Å². The molecule has 3 aliphatic carbocycles. The first kappa shape index (κ1) is 11.1. The van der Waals surface area contributed by atoms with Gasteiger partial charge in [0.1, 0.15) is 0 Å². The molecule has 3 aliphatic rings. The fourth-order valence-corrected chi connectivity index (χ4v) is 4.42. The van der Waals surface area contributed by atoms with Crippen molar-refractivity contribution in [3.63, 3.8) is 0 Å². The van der Waals surface area contributed by atoms with Gasteiger partial charge in [-0.1, -0.05) is 32.1 Å². The molecule has 0 bridgehead atoms. The highest BCUT2D eigenvalue weighted by Crippen LogP contribution is 2.55. The fraction of sp³-hybridized carbons (Fsp3) is 1.00. The first-order valence-electron chi connectivity index (χ1n) is 7.54. The Morgan fingerprint density at radius 3 is 2.31 bits per heavy atom. The molecule has 3 rings (SSSR count). The van der Waals surface area contributed by atoms with Crippen LogP contribution in [0.1, 0.15) is 57.8 Å². The molecule has 3 fully saturated rings. The van der Waals surface area contributed by atoms with E-state index in [2.05, 4.69) is 12.4 Å². The summed E-state index contributed by atoms with van der Waals surface area (Å²) < 4.78 is 0. The molecule has 0 radical (unpaired) electrons. The summed E-state index contributed by atoms with van der Waals surface area (Å²) in [4.78, 5) is 0. The van der Waals surface area contributed by atoms with Crippen LogP contribution in [0.5, 0.6) is 0 Å². The van der Waals surface area contributed by atoms with Crippen molar-refractivity contribution >= 4 is 0 Å². The summed E-state index contributed by atoms with van der Waals surface area (Å²) in [5.74, 6) is 4.36. The second kappa shape index (κ2) is 4.68. The summed E-state index contributed by atoms with van der Waals surface area (Å²) in [6, 6.07) is 0.843. The average molecular weight is 221 g/mol. The molecule has 3 unspecified atom stereocenters. The zero-order valence-electron chi connectivity index (χ0n) is 10.8. The van der Waals surface area contributed by atoms with E-state index >= 15 is 0 Å². The minimum Gasteiger partial charge on any atom is -0.317 e. The van der Waals surface area contributed by atoms with Crippen LogP contribution in [0.15, 0.2) is 0 Å². The third-order valence-corrected chi connectivity index (χ3v) is 5.53. The van der Waals surface area contributed by atoms with E-state index in [1.807, 2.05) is 0 Å². The molecule has 1 N–H and O–H groups in total. The fourth-order valence-electron chi connectivity index (χ4n) is 4.42. The maximum absolute atomic E-state index is 3.63. The van der Waals surface area contributed by atoms with Gasteiger partial charge in [-0.15, -0.1) is 0 Å². The minimum atomic E-state index is 0.843. The van der Waals surface area contributed by atoms with Gasteiger partial charge in [-0.25, -0.2) is 0 Å². The van der Waals surface area contributed by atoms with E-state index < -0.39 is 0 Å². The van der Waals surface area contributed by atoms with E-state index in [1.165, 1.54) is 38.5 Å². The van der Waals surface area contributed by atoms with E-state index in [1.54, 1.807) is 19.3 Å². The largest absolute Gasteiger partial charge is 0.317 e. The van der Waals surface area contributed by atoms with Crippen LogP contribution in [0, 0.1) is 23.7 Å². The molecule has 0 aromatic carbocycles. The highest BCUT2D eigenvalue weighted by molar-refractivity contribution is 4.99. The van der Waals surface area contributed by atoms with Gasteiger partial charge in [0.25, 0.3) is 0 Å². The summed E-state index contributed by atoms with van der Waals surface area (Å²) in [6.45, 7) is 0. The molecule has 16 heavy (non-hydrogen) atoms. The van der Waals surface area contributed by atoms with Crippen molar-refractivity contribution in [2.24, 2.45) is 23.7 Å². The lowest BCUT2D eigenvalue weighted by Crippen LogP contribution is -2.35. The summed E-state index contributed by atoms with van der Waals surface area (Å²) in [5.41, 5.74) is 0. The molecule has 1 heteroatoms. The van der Waals surface area contributed by atoms with Crippen molar-refractivity contribution in [3.8, 4) is 0 Å². The van der Waals surface area contributed by atoms with E-state index in [0.717, 1.165) is 29.7 Å². The Morgan fingerprint density at radius 1 is 1.00 bits per heavy atom. The third kappa shape index (κ3) is 2.30. The molecule has 1 nitrogen and oxygen atoms in total. The highest BCUT2D eigenvalue weighted by Gasteiger charge is 2.47. The molecule has 0 saturated heterocycles. The van der Waals surface area contributed by atoms with Gasteiger partial charge in [-0.05, 0) is 56.4 Å². The number of nitrogens with one attached hydrogen (secondary N) is 1. The molecule has 92 valence electrons. The molecular weight excluding hydrogens is 194 g/mol. The molecule has 0 aromatic rings. The van der Waals surface area contributed by atoms with Gasteiger partial charge in [-0.2, -0.15) is 0 Å². The van der Waals surface area contributed by atoms with Crippen LogP contribution in [0.2, 0.25) is 0 Å². The van der Waals surface area contributed by atoms with Crippen LogP contribution in [-0.2, 0) is 0 Å². The van der Waals surface area contributed by atoms with Crippen LogP contribution in [0.3, 0.4) is 0 Å². The molecule has 0 amide bonds. The van der Waals surface area contributed by atoms with Crippen LogP contribution < -0.4 is 5.32 Å². The van der Waals surface area contributed by atoms with Crippen LogP contribution in [-0.4, -0.2) is 13.1 Å². The first-order valence-corrected chi connectivity index (χ1v) is 7.54. The van der Waals surface area contributed by atoms with Gasteiger partial charge in [0.15, 0.2) is 0 Å². The lowest BCUT2D eigenvalue weighted by Gasteiger charge is -2.30. The zero-order chi connectivity index (χ0) is 11.0. The SMILES string of the molecule is CNC(CC1CCCCC1)C1CC2CC2C1. The first-order chi connectivity index (χ1) is 7.86. The quantitative estimate of drug-likeness (QED) is 0.765. The standard InChI is InChI=1S/C15H27N/c1-16-15(7-11-5-3-2-4-6-11)14-9-12-8-13(12)10-14/h11-16H,2-10H2,1H3. The molecule has 0 heterocycles. The number of hydrogen-bond donors (Lipinski definition) is 1. The molecule has 0 aromatic heterocycles. The molecule has 0 spiro atoms. The zero-order valence-corrected chi connectivity index (χ0v) is 10.8. The van der Waals surface area contributed by atoms with Crippen LogP contribution in [0.4, 0.5) is 0 Å². The van der Waals surface area contributed by atoms with E-state index in [0.29, 0.717) is 0 Å². The van der Waals surface area contributed by atoms with Gasteiger partial charge in [-0.3, -0.25) is 0 Å². The minimum absolute atomic E-state index is 0.843. The normalized spacial score (nSPS) is 40.7. The summed E-state index contributed by atoms with van der Waals surface area (Å²) in [5, 5.41) is 3.63. The highest BCUT2D eigenvalue weighted by atomic mass is 14.9. The van der Waals surface area contributed by atoms with E-state index in [4.69, 9.17) is 0 Å². The van der Waals surface area contributed by atoms with Crippen LogP contribution in [0.25, 0.3) is 0 Å². The summed E-state index contributed by atoms with van der Waals surface area (Å²) in [6.07, 6.45) is 13.6. The number of hydrogen-bond acceptors (Lipinski definition) is 1. The van der Waals surface area contributed by atoms with Crippen molar-refractivity contribution < 1.29 is 0 Å². The number of fused-ring (bicyclic) bond motifs is 1. The lowest BCUT2D eigenvalue weighted by molar-refractivity contribution is 0.250. The van der Waals surface area contributed by atoms with E-state index in [9.17, 15) is 0 Å². The maximum atomic E-state index is 3.63. The predicted octanol–water partition coefficient (Wildman–Crippen LogP) is 3.59. The average Bonchev–Trinajstić information content (AvgIpc) is 2.94. The molecule has 0 aliphatic heterocycles. The smallest absolute Gasteiger partial charge is 0.00951 e. The van der Waals surface area contributed by atoms with Gasteiger partial charge in [0, 0.05) is 6.04 Å².